The molecule has 0 atom stereocenters. The normalized spacial score (nSPS) is 10.8. The molecule has 0 aliphatic carbocycles. The number of fused-ring (bicyclic) bond motifs is 1. The minimum absolute atomic E-state index is 0.141. The maximum Gasteiger partial charge on any atom is 0.339 e. The van der Waals surface area contributed by atoms with Crippen LogP contribution >= 0.6 is 0 Å². The van der Waals surface area contributed by atoms with Crippen LogP contribution in [0.25, 0.3) is 11.2 Å². The molecule has 0 fully saturated rings. The van der Waals surface area contributed by atoms with Crippen LogP contribution in [0.2, 0.25) is 0 Å². The summed E-state index contributed by atoms with van der Waals surface area (Å²) in [5.74, 6) is -1.01. The molecule has 1 heterocycles. The van der Waals surface area contributed by atoms with E-state index in [9.17, 15) is 4.79 Å². The Balaban J connectivity index is 2.74. The molecule has 0 amide bonds. The van der Waals surface area contributed by atoms with Crippen molar-refractivity contribution in [3.8, 4) is 0 Å². The van der Waals surface area contributed by atoms with Gasteiger partial charge in [-0.05, 0) is 13.0 Å². The third-order valence-corrected chi connectivity index (χ3v) is 1.75. The molecule has 1 aromatic heterocycles. The number of benzene rings is 1. The number of hydrogen-bond acceptors (Lipinski definition) is 3. The zero-order chi connectivity index (χ0) is 8.72. The first-order chi connectivity index (χ1) is 5.70. The van der Waals surface area contributed by atoms with E-state index >= 15 is 0 Å². The molecule has 4 heteroatoms. The summed E-state index contributed by atoms with van der Waals surface area (Å²) in [5, 5.41) is 8.68. The van der Waals surface area contributed by atoms with Crippen LogP contribution in [0.5, 0.6) is 0 Å². The molecule has 1 aromatic carbocycles. The van der Waals surface area contributed by atoms with E-state index in [-0.39, 0.29) is 5.56 Å². The van der Waals surface area contributed by atoms with Gasteiger partial charge in [0, 0.05) is 5.56 Å². The van der Waals surface area contributed by atoms with Gasteiger partial charge in [-0.25, -0.2) is 4.79 Å². The monoisotopic (exact) mass is 166 g/mol. The molecule has 0 saturated carbocycles. The molecule has 0 aliphatic rings. The maximum absolute atomic E-state index is 10.6. The van der Waals surface area contributed by atoms with Gasteiger partial charge in [0.15, 0.2) is 0 Å². The van der Waals surface area contributed by atoms with Gasteiger partial charge in [0.05, 0.1) is 0 Å². The number of aryl methyl sites for hydroxylation is 1. The van der Waals surface area contributed by atoms with Gasteiger partial charge < -0.3 is 5.11 Å². The summed E-state index contributed by atoms with van der Waals surface area (Å²) in [7, 11) is 0. The Bertz CT molecular complexity index is 435. The highest BCUT2D eigenvalue weighted by Crippen LogP contribution is 2.25. The van der Waals surface area contributed by atoms with E-state index in [0.717, 1.165) is 5.56 Å². The first-order valence-electron chi connectivity index (χ1n) is 3.41. The lowest BCUT2D eigenvalue weighted by atomic mass is 10.1. The lowest BCUT2D eigenvalue weighted by Crippen LogP contribution is -1.99. The fraction of sp³-hybridized carbons (Fsp3) is 0.125. The summed E-state index contributed by atoms with van der Waals surface area (Å²) in [4.78, 5) is 10.6. The molecule has 0 saturated heterocycles. The molecular weight excluding hydrogens is 160 g/mol. The molecule has 0 bridgehead atoms. The molecule has 4 nitrogen and oxygen atoms in total. The van der Waals surface area contributed by atoms with E-state index in [2.05, 4.69) is 9.15 Å². The van der Waals surface area contributed by atoms with Crippen LogP contribution in [0, 0.1) is 6.92 Å². The summed E-state index contributed by atoms with van der Waals surface area (Å²) in [6, 6.07) is 3.18. The van der Waals surface area contributed by atoms with Crippen molar-refractivity contribution in [1.82, 2.24) is 0 Å². The topological polar surface area (TPSA) is 63.6 Å². The van der Waals surface area contributed by atoms with Gasteiger partial charge >= 0.3 is 5.97 Å². The van der Waals surface area contributed by atoms with Crippen molar-refractivity contribution in [2.24, 2.45) is 0 Å². The largest absolute Gasteiger partial charge is 0.478 e. The van der Waals surface area contributed by atoms with Crippen molar-refractivity contribution in [2.45, 2.75) is 6.92 Å². The lowest BCUT2D eigenvalue weighted by Gasteiger charge is -2.03. The molecular formula is C8H6O4. The SMILES string of the molecule is Cc1ccc(C(=O)O)c2ooc12. The molecule has 1 N–H and O–H groups in total. The third kappa shape index (κ3) is 0.747. The highest BCUT2D eigenvalue weighted by atomic mass is 17.0. The van der Waals surface area contributed by atoms with Crippen LogP contribution in [0.3, 0.4) is 0 Å². The number of carbonyl (C=O) groups is 1. The molecule has 0 aliphatic heterocycles. The number of aromatic carboxylic acids is 1. The van der Waals surface area contributed by atoms with Crippen LogP contribution in [-0.4, -0.2) is 11.1 Å². The summed E-state index contributed by atoms with van der Waals surface area (Å²) in [6.07, 6.45) is 0. The Morgan fingerprint density at radius 2 is 2.00 bits per heavy atom. The van der Waals surface area contributed by atoms with Crippen LogP contribution in [0.1, 0.15) is 15.9 Å². The smallest absolute Gasteiger partial charge is 0.339 e. The van der Waals surface area contributed by atoms with Gasteiger partial charge in [-0.15, -0.1) is 0 Å². The fourth-order valence-electron chi connectivity index (χ4n) is 1.07. The second-order valence-electron chi connectivity index (χ2n) is 2.56. The lowest BCUT2D eigenvalue weighted by molar-refractivity contribution is 0.0534. The molecule has 2 aromatic rings. The van der Waals surface area contributed by atoms with E-state index < -0.39 is 5.97 Å². The number of hydrogen-bond donors (Lipinski definition) is 1. The quantitative estimate of drug-likeness (QED) is 0.658. The molecule has 12 heavy (non-hydrogen) atoms. The first kappa shape index (κ1) is 6.97. The molecule has 62 valence electrons. The molecule has 2 rings (SSSR count). The van der Waals surface area contributed by atoms with Gasteiger partial charge in [0.25, 0.3) is 0 Å². The predicted molar refractivity (Wildman–Crippen MR) is 40.2 cm³/mol. The average Bonchev–Trinajstić information content (AvgIpc) is 1.92. The molecule has 0 spiro atoms. The Kier molecular flexibility index (Phi) is 1.24. The van der Waals surface area contributed by atoms with Crippen LogP contribution in [-0.2, 0) is 0 Å². The van der Waals surface area contributed by atoms with E-state index in [1.165, 1.54) is 6.07 Å². The minimum atomic E-state index is -1.01. The van der Waals surface area contributed by atoms with E-state index in [4.69, 9.17) is 5.11 Å². The Morgan fingerprint density at radius 3 is 2.50 bits per heavy atom. The van der Waals surface area contributed by atoms with Crippen molar-refractivity contribution in [3.63, 3.8) is 0 Å². The van der Waals surface area contributed by atoms with Crippen LogP contribution in [0.15, 0.2) is 21.3 Å². The standard InChI is InChI=1S/C8H6O4/c1-4-2-3-5(8(9)10)7-6(4)11-12-7/h2-3H,1H3,(H,9,10). The van der Waals surface area contributed by atoms with Gasteiger partial charge in [0.2, 0.25) is 11.2 Å². The van der Waals surface area contributed by atoms with Crippen molar-refractivity contribution in [1.29, 1.82) is 0 Å². The van der Waals surface area contributed by atoms with E-state index in [0.29, 0.717) is 11.2 Å². The van der Waals surface area contributed by atoms with E-state index in [1.54, 1.807) is 6.07 Å². The zero-order valence-electron chi connectivity index (χ0n) is 6.33. The second-order valence-corrected chi connectivity index (χ2v) is 2.56. The Hall–Kier alpha value is -1.71. The van der Waals surface area contributed by atoms with Crippen molar-refractivity contribution < 1.29 is 19.1 Å². The van der Waals surface area contributed by atoms with Gasteiger partial charge in [-0.2, -0.15) is 0 Å². The fourth-order valence-corrected chi connectivity index (χ4v) is 1.07. The predicted octanol–water partition coefficient (Wildman–Crippen LogP) is 2.03. The molecule has 0 unspecified atom stereocenters. The maximum atomic E-state index is 10.6. The number of rotatable bonds is 1. The van der Waals surface area contributed by atoms with Crippen molar-refractivity contribution in [2.75, 3.05) is 0 Å². The average molecular weight is 166 g/mol. The minimum Gasteiger partial charge on any atom is -0.478 e. The van der Waals surface area contributed by atoms with Gasteiger partial charge in [-0.1, -0.05) is 6.07 Å². The summed E-state index contributed by atoms with van der Waals surface area (Å²) < 4.78 is 9.20. The number of carboxylic acids is 1. The highest BCUT2D eigenvalue weighted by molar-refractivity contribution is 6.00. The summed E-state index contributed by atoms with van der Waals surface area (Å²) in [6.45, 7) is 1.83. The Labute approximate surface area is 67.3 Å². The second kappa shape index (κ2) is 2.14. The Morgan fingerprint density at radius 1 is 1.33 bits per heavy atom. The summed E-state index contributed by atoms with van der Waals surface area (Å²) in [5.41, 5.74) is 1.86. The first-order valence-corrected chi connectivity index (χ1v) is 3.41. The highest BCUT2D eigenvalue weighted by Gasteiger charge is 2.17. The zero-order valence-corrected chi connectivity index (χ0v) is 6.33. The van der Waals surface area contributed by atoms with Crippen molar-refractivity contribution in [3.05, 3.63) is 23.3 Å². The van der Waals surface area contributed by atoms with Crippen LogP contribution in [0.4, 0.5) is 0 Å². The van der Waals surface area contributed by atoms with Crippen molar-refractivity contribution >= 4 is 17.1 Å². The van der Waals surface area contributed by atoms with Gasteiger partial charge in [0.1, 0.15) is 5.56 Å². The number of carboxylic acid groups (broad SMARTS) is 1. The molecule has 0 radical (unpaired) electrons. The van der Waals surface area contributed by atoms with Gasteiger partial charge in [-0.3, -0.25) is 9.15 Å². The summed E-state index contributed by atoms with van der Waals surface area (Å²) >= 11 is 0. The van der Waals surface area contributed by atoms with Crippen LogP contribution < -0.4 is 0 Å². The van der Waals surface area contributed by atoms with E-state index in [1.807, 2.05) is 6.92 Å². The third-order valence-electron chi connectivity index (χ3n) is 1.75.